The lowest BCUT2D eigenvalue weighted by Crippen LogP contribution is -2.46. The number of likely N-dealkylation sites (N-methyl/N-ethyl adjacent to an activating group) is 1. The fraction of sp³-hybridized carbons (Fsp3) is 0.310. The fourth-order valence-electron chi connectivity index (χ4n) is 5.12. The van der Waals surface area contributed by atoms with Crippen molar-refractivity contribution in [3.05, 3.63) is 74.7 Å². The Morgan fingerprint density at radius 1 is 1.15 bits per heavy atom. The molecule has 6 rings (SSSR count). The van der Waals surface area contributed by atoms with Crippen LogP contribution >= 0.6 is 24.0 Å². The topological polar surface area (TPSA) is 87.1 Å². The largest absolute Gasteiger partial charge is 0.496 e. The summed E-state index contributed by atoms with van der Waals surface area (Å²) in [5.74, 6) is -1.23. The van der Waals surface area contributed by atoms with E-state index in [1.807, 2.05) is 28.6 Å². The third-order valence-electron chi connectivity index (χ3n) is 7.56. The molecule has 3 heterocycles. The Morgan fingerprint density at radius 3 is 2.59 bits per heavy atom. The van der Waals surface area contributed by atoms with Crippen LogP contribution in [-0.2, 0) is 4.79 Å². The van der Waals surface area contributed by atoms with E-state index < -0.39 is 23.1 Å². The number of fused-ring (bicyclic) bond motifs is 1. The van der Waals surface area contributed by atoms with Gasteiger partial charge in [0.05, 0.1) is 23.2 Å². The van der Waals surface area contributed by atoms with Gasteiger partial charge in [-0.05, 0) is 56.4 Å². The number of piperazine rings is 1. The molecule has 9 nitrogen and oxygen atoms in total. The monoisotopic (exact) mass is 593 g/mol. The van der Waals surface area contributed by atoms with E-state index in [4.69, 9.17) is 17.0 Å². The Hall–Kier alpha value is -3.74. The van der Waals surface area contributed by atoms with E-state index >= 15 is 4.39 Å². The minimum atomic E-state index is -0.787. The second-order valence-corrected chi connectivity index (χ2v) is 12.0. The molecule has 1 N–H and O–H groups in total. The first-order chi connectivity index (χ1) is 19.7. The smallest absolute Gasteiger partial charge is 0.285 e. The summed E-state index contributed by atoms with van der Waals surface area (Å²) in [7, 11) is 3.57. The Morgan fingerprint density at radius 2 is 1.88 bits per heavy atom. The number of nitrogens with zero attached hydrogens (tertiary/aromatic N) is 4. The van der Waals surface area contributed by atoms with Crippen molar-refractivity contribution in [1.82, 2.24) is 19.9 Å². The number of methoxy groups -OCH3 is 1. The SMILES string of the molecule is COc1ccccc1/C=C1\SC(=S)N(NC(=O)c2cn(C3CC3)c3cc(N4CCN(C)CC4)c(F)cc3c2=O)C1=O. The molecule has 1 aliphatic carbocycles. The summed E-state index contributed by atoms with van der Waals surface area (Å²) in [6, 6.07) is 10.3. The molecule has 2 aliphatic heterocycles. The maximum absolute atomic E-state index is 15.4. The maximum atomic E-state index is 15.4. The summed E-state index contributed by atoms with van der Waals surface area (Å²) < 4.78 is 22.7. The van der Waals surface area contributed by atoms with Gasteiger partial charge in [0, 0.05) is 49.4 Å². The number of thiocarbonyl (C=S) groups is 1. The molecule has 3 fully saturated rings. The lowest BCUT2D eigenvalue weighted by Gasteiger charge is -2.34. The van der Waals surface area contributed by atoms with Crippen molar-refractivity contribution in [3.8, 4) is 5.75 Å². The Balaban J connectivity index is 1.31. The van der Waals surface area contributed by atoms with Gasteiger partial charge in [0.25, 0.3) is 11.8 Å². The second-order valence-electron chi connectivity index (χ2n) is 10.3. The number of anilines is 1. The highest BCUT2D eigenvalue weighted by Crippen LogP contribution is 2.38. The van der Waals surface area contributed by atoms with Gasteiger partial charge in [-0.15, -0.1) is 0 Å². The molecular weight excluding hydrogens is 565 g/mol. The standard InChI is InChI=1S/C29H28FN5O4S2/c1-32-9-11-33(12-10-32)23-15-22-19(14-21(23)30)26(36)20(16-34(22)18-7-8-18)27(37)31-35-28(38)25(41-29(35)40)13-17-5-3-4-6-24(17)39-2/h3-6,13-16,18H,7-12H2,1-2H3,(H,31,37)/b25-13-. The third-order valence-corrected chi connectivity index (χ3v) is 8.86. The number of halogens is 1. The number of hydrazine groups is 1. The second kappa shape index (κ2) is 10.9. The Labute approximate surface area is 245 Å². The van der Waals surface area contributed by atoms with Crippen molar-refractivity contribution in [3.63, 3.8) is 0 Å². The van der Waals surface area contributed by atoms with Crippen LogP contribution in [-0.4, -0.2) is 70.9 Å². The van der Waals surface area contributed by atoms with E-state index in [9.17, 15) is 14.4 Å². The van der Waals surface area contributed by atoms with E-state index in [0.717, 1.165) is 42.7 Å². The van der Waals surface area contributed by atoms with E-state index in [1.54, 1.807) is 24.3 Å². The van der Waals surface area contributed by atoms with Crippen LogP contribution in [0.5, 0.6) is 5.75 Å². The minimum absolute atomic E-state index is 0.107. The summed E-state index contributed by atoms with van der Waals surface area (Å²) >= 11 is 6.40. The molecule has 2 saturated heterocycles. The van der Waals surface area contributed by atoms with Gasteiger partial charge >= 0.3 is 0 Å². The first kappa shape index (κ1) is 27.4. The summed E-state index contributed by atoms with van der Waals surface area (Å²) in [6.45, 7) is 3.00. The highest BCUT2D eigenvalue weighted by atomic mass is 32.2. The lowest BCUT2D eigenvalue weighted by atomic mass is 10.1. The van der Waals surface area contributed by atoms with Crippen molar-refractivity contribution >= 4 is 62.8 Å². The van der Waals surface area contributed by atoms with Gasteiger partial charge in [-0.3, -0.25) is 19.8 Å². The molecular formula is C29H28FN5O4S2. The van der Waals surface area contributed by atoms with Crippen molar-refractivity contribution in [2.75, 3.05) is 45.2 Å². The number of benzene rings is 2. The summed E-state index contributed by atoms with van der Waals surface area (Å²) in [5, 5.41) is 1.09. The number of ether oxygens (including phenoxy) is 1. The summed E-state index contributed by atoms with van der Waals surface area (Å²) in [6.07, 6.45) is 4.94. The predicted molar refractivity (Wildman–Crippen MR) is 162 cm³/mol. The minimum Gasteiger partial charge on any atom is -0.496 e. The van der Waals surface area contributed by atoms with Crippen molar-refractivity contribution in [2.24, 2.45) is 0 Å². The lowest BCUT2D eigenvalue weighted by molar-refractivity contribution is -0.123. The molecule has 0 unspecified atom stereocenters. The molecule has 1 aromatic heterocycles. The van der Waals surface area contributed by atoms with Crippen LogP contribution in [0.2, 0.25) is 0 Å². The molecule has 2 amide bonds. The van der Waals surface area contributed by atoms with Gasteiger partial charge in [-0.25, -0.2) is 4.39 Å². The number of para-hydroxylation sites is 1. The number of aromatic nitrogens is 1. The van der Waals surface area contributed by atoms with Crippen LogP contribution in [0, 0.1) is 5.82 Å². The molecule has 212 valence electrons. The highest BCUT2D eigenvalue weighted by molar-refractivity contribution is 8.26. The molecule has 12 heteroatoms. The molecule has 0 spiro atoms. The van der Waals surface area contributed by atoms with Gasteiger partial charge in [0.2, 0.25) is 5.43 Å². The molecule has 0 radical (unpaired) electrons. The molecule has 3 aromatic rings. The summed E-state index contributed by atoms with van der Waals surface area (Å²) in [4.78, 5) is 44.6. The van der Waals surface area contributed by atoms with Crippen LogP contribution in [0.25, 0.3) is 17.0 Å². The Kier molecular flexibility index (Phi) is 7.30. The number of thioether (sulfide) groups is 1. The third kappa shape index (κ3) is 5.22. The van der Waals surface area contributed by atoms with Gasteiger partial charge < -0.3 is 19.1 Å². The number of pyridine rings is 1. The number of hydrogen-bond acceptors (Lipinski definition) is 8. The normalized spacial score (nSPS) is 19.0. The maximum Gasteiger partial charge on any atom is 0.285 e. The molecule has 41 heavy (non-hydrogen) atoms. The van der Waals surface area contributed by atoms with Gasteiger partial charge in [-0.1, -0.05) is 30.0 Å². The quantitative estimate of drug-likeness (QED) is 0.342. The molecule has 0 atom stereocenters. The van der Waals surface area contributed by atoms with Crippen LogP contribution in [0.1, 0.15) is 34.8 Å². The summed E-state index contributed by atoms with van der Waals surface area (Å²) in [5.41, 5.74) is 3.45. The molecule has 1 saturated carbocycles. The zero-order chi connectivity index (χ0) is 28.8. The zero-order valence-electron chi connectivity index (χ0n) is 22.6. The highest BCUT2D eigenvalue weighted by Gasteiger charge is 2.35. The average molecular weight is 594 g/mol. The van der Waals surface area contributed by atoms with Crippen LogP contribution in [0.4, 0.5) is 10.1 Å². The average Bonchev–Trinajstić information content (AvgIpc) is 3.78. The van der Waals surface area contributed by atoms with Crippen LogP contribution in [0.3, 0.4) is 0 Å². The first-order valence-electron chi connectivity index (χ1n) is 13.3. The fourth-order valence-corrected chi connectivity index (χ4v) is 6.29. The number of amides is 2. The molecule has 0 bridgehead atoms. The van der Waals surface area contributed by atoms with Crippen LogP contribution in [0.15, 0.2) is 52.3 Å². The zero-order valence-corrected chi connectivity index (χ0v) is 24.2. The van der Waals surface area contributed by atoms with E-state index in [1.165, 1.54) is 19.4 Å². The number of nitrogens with one attached hydrogen (secondary N) is 1. The molecule has 2 aromatic carbocycles. The predicted octanol–water partition coefficient (Wildman–Crippen LogP) is 3.78. The number of carbonyl (C=O) groups is 2. The van der Waals surface area contributed by atoms with Crippen molar-refractivity contribution in [2.45, 2.75) is 18.9 Å². The van der Waals surface area contributed by atoms with E-state index in [2.05, 4.69) is 10.3 Å². The van der Waals surface area contributed by atoms with E-state index in [-0.39, 0.29) is 21.3 Å². The van der Waals surface area contributed by atoms with Gasteiger partial charge in [0.15, 0.2) is 4.32 Å². The van der Waals surface area contributed by atoms with Crippen molar-refractivity contribution < 1.29 is 18.7 Å². The molecule has 3 aliphatic rings. The van der Waals surface area contributed by atoms with Crippen LogP contribution < -0.4 is 20.5 Å². The first-order valence-corrected chi connectivity index (χ1v) is 14.5. The Bertz CT molecular complexity index is 1680. The number of hydrogen-bond donors (Lipinski definition) is 1. The van der Waals surface area contributed by atoms with Crippen molar-refractivity contribution in [1.29, 1.82) is 0 Å². The van der Waals surface area contributed by atoms with Gasteiger partial charge in [0.1, 0.15) is 17.1 Å². The van der Waals surface area contributed by atoms with Gasteiger partial charge in [-0.2, -0.15) is 5.01 Å². The van der Waals surface area contributed by atoms with E-state index in [0.29, 0.717) is 40.5 Å². The number of rotatable bonds is 6. The number of carbonyl (C=O) groups excluding carboxylic acids is 2.